The molecule has 5 nitrogen and oxygen atoms in total. The highest BCUT2D eigenvalue weighted by atomic mass is 16.6. The van der Waals surface area contributed by atoms with Crippen molar-refractivity contribution in [3.63, 3.8) is 0 Å². The van der Waals surface area contributed by atoms with Crippen molar-refractivity contribution in [1.82, 2.24) is 0 Å². The molecule has 1 N–H and O–H groups in total. The predicted molar refractivity (Wildman–Crippen MR) is 205 cm³/mol. The molecule has 1 atom stereocenters. The van der Waals surface area contributed by atoms with Gasteiger partial charge in [-0.25, -0.2) is 0 Å². The summed E-state index contributed by atoms with van der Waals surface area (Å²) in [6.07, 6.45) is 48.9. The predicted octanol–water partition coefficient (Wildman–Crippen LogP) is 12.6. The fourth-order valence-electron chi connectivity index (χ4n) is 5.48. The third-order valence-electron chi connectivity index (χ3n) is 8.60. The number of allylic oxidation sites excluding steroid dienone is 8. The fraction of sp³-hybridized carbons (Fsp3) is 0.767. The van der Waals surface area contributed by atoms with Gasteiger partial charge in [0.15, 0.2) is 6.10 Å². The highest BCUT2D eigenvalue weighted by Crippen LogP contribution is 2.13. The Morgan fingerprint density at radius 2 is 0.854 bits per heavy atom. The molecule has 0 heterocycles. The van der Waals surface area contributed by atoms with Crippen molar-refractivity contribution in [3.8, 4) is 0 Å². The van der Waals surface area contributed by atoms with Gasteiger partial charge in [-0.05, 0) is 70.6 Å². The maximum absolute atomic E-state index is 12.2. The Hall–Kier alpha value is -2.14. The van der Waals surface area contributed by atoms with Crippen LogP contribution in [0.25, 0.3) is 0 Å². The van der Waals surface area contributed by atoms with E-state index in [1.165, 1.54) is 109 Å². The van der Waals surface area contributed by atoms with Crippen LogP contribution in [0, 0.1) is 0 Å². The van der Waals surface area contributed by atoms with Gasteiger partial charge in [0.2, 0.25) is 0 Å². The monoisotopic (exact) mass is 673 g/mol. The molecule has 0 radical (unpaired) electrons. The summed E-state index contributed by atoms with van der Waals surface area (Å²) in [7, 11) is 0. The van der Waals surface area contributed by atoms with E-state index >= 15 is 0 Å². The lowest BCUT2D eigenvalue weighted by molar-refractivity contribution is -0.161. The summed E-state index contributed by atoms with van der Waals surface area (Å²) in [5.41, 5.74) is 0. The number of unbranched alkanes of at least 4 members (excludes halogenated alkanes) is 20. The summed E-state index contributed by atoms with van der Waals surface area (Å²) in [6.45, 7) is 4.07. The van der Waals surface area contributed by atoms with Gasteiger partial charge in [0.25, 0.3) is 0 Å². The summed E-state index contributed by atoms with van der Waals surface area (Å²) < 4.78 is 10.6. The smallest absolute Gasteiger partial charge is 0.306 e. The zero-order valence-corrected chi connectivity index (χ0v) is 31.5. The van der Waals surface area contributed by atoms with Crippen LogP contribution in [0.4, 0.5) is 0 Å². The second-order valence-corrected chi connectivity index (χ2v) is 13.4. The van der Waals surface area contributed by atoms with Crippen molar-refractivity contribution in [1.29, 1.82) is 0 Å². The van der Waals surface area contributed by atoms with Crippen molar-refractivity contribution in [3.05, 3.63) is 48.6 Å². The van der Waals surface area contributed by atoms with Crippen LogP contribution >= 0.6 is 0 Å². The Balaban J connectivity index is 3.57. The van der Waals surface area contributed by atoms with E-state index in [1.807, 2.05) is 0 Å². The Bertz CT molecular complexity index is 812. The molecule has 48 heavy (non-hydrogen) atoms. The molecule has 0 amide bonds. The van der Waals surface area contributed by atoms with E-state index < -0.39 is 6.10 Å². The van der Waals surface area contributed by atoms with Crippen LogP contribution in [0.1, 0.15) is 194 Å². The number of ether oxygens (including phenoxy) is 2. The topological polar surface area (TPSA) is 72.8 Å². The molecule has 0 saturated heterocycles. The first-order valence-electron chi connectivity index (χ1n) is 20.2. The Kier molecular flexibility index (Phi) is 37.5. The summed E-state index contributed by atoms with van der Waals surface area (Å²) in [6, 6.07) is 0. The number of aliphatic hydroxyl groups is 1. The van der Waals surface area contributed by atoms with Crippen LogP contribution in [-0.4, -0.2) is 36.4 Å². The van der Waals surface area contributed by atoms with Crippen molar-refractivity contribution >= 4 is 11.9 Å². The summed E-state index contributed by atoms with van der Waals surface area (Å²) in [5.74, 6) is -0.612. The standard InChI is InChI=1S/C43H76O5/c1-3-5-7-9-11-13-15-16-17-18-19-20-21-22-23-24-25-26-28-30-32-34-36-38-43(46)48-41(39-44)40-47-42(45)37-35-33-31-29-27-14-12-10-8-6-4-2/h10,12,15-16,18-19,21-22,41,44H,3-9,11,13-14,17,20,23-40H2,1-2H3/b12-10-,16-15-,19-18-,22-21-. The van der Waals surface area contributed by atoms with Gasteiger partial charge in [0, 0.05) is 12.8 Å². The molecule has 0 saturated carbocycles. The van der Waals surface area contributed by atoms with Gasteiger partial charge in [-0.2, -0.15) is 0 Å². The van der Waals surface area contributed by atoms with E-state index in [0.717, 1.165) is 57.8 Å². The summed E-state index contributed by atoms with van der Waals surface area (Å²) in [5, 5.41) is 9.54. The molecule has 0 aromatic heterocycles. The number of carbonyl (C=O) groups excluding carboxylic acids is 2. The number of aliphatic hydroxyl groups excluding tert-OH is 1. The van der Waals surface area contributed by atoms with Crippen LogP contribution in [0.5, 0.6) is 0 Å². The second kappa shape index (κ2) is 39.3. The van der Waals surface area contributed by atoms with Gasteiger partial charge in [-0.1, -0.05) is 159 Å². The van der Waals surface area contributed by atoms with E-state index in [4.69, 9.17) is 9.47 Å². The molecule has 5 heteroatoms. The third-order valence-corrected chi connectivity index (χ3v) is 8.60. The lowest BCUT2D eigenvalue weighted by atomic mass is 10.1. The lowest BCUT2D eigenvalue weighted by Crippen LogP contribution is -2.28. The molecule has 0 rings (SSSR count). The minimum Gasteiger partial charge on any atom is -0.462 e. The van der Waals surface area contributed by atoms with E-state index in [1.54, 1.807) is 0 Å². The Morgan fingerprint density at radius 1 is 0.479 bits per heavy atom. The molecular formula is C43H76O5. The molecule has 0 aliphatic carbocycles. The summed E-state index contributed by atoms with van der Waals surface area (Å²) in [4.78, 5) is 24.2. The van der Waals surface area contributed by atoms with Crippen LogP contribution in [0.15, 0.2) is 48.6 Å². The number of hydrogen-bond donors (Lipinski definition) is 1. The van der Waals surface area contributed by atoms with E-state index in [9.17, 15) is 14.7 Å². The first-order valence-corrected chi connectivity index (χ1v) is 20.2. The molecule has 0 spiro atoms. The van der Waals surface area contributed by atoms with Crippen LogP contribution in [0.3, 0.4) is 0 Å². The van der Waals surface area contributed by atoms with Crippen LogP contribution in [-0.2, 0) is 19.1 Å². The van der Waals surface area contributed by atoms with Gasteiger partial charge < -0.3 is 14.6 Å². The van der Waals surface area contributed by atoms with Gasteiger partial charge in [0.1, 0.15) is 6.61 Å². The molecule has 0 fully saturated rings. The highest BCUT2D eigenvalue weighted by molar-refractivity contribution is 5.70. The van der Waals surface area contributed by atoms with E-state index in [0.29, 0.717) is 12.8 Å². The molecule has 0 aliphatic rings. The first kappa shape index (κ1) is 45.9. The van der Waals surface area contributed by atoms with Crippen molar-refractivity contribution in [2.45, 2.75) is 200 Å². The largest absolute Gasteiger partial charge is 0.462 e. The van der Waals surface area contributed by atoms with Crippen LogP contribution in [0.2, 0.25) is 0 Å². The molecule has 0 aromatic rings. The first-order chi connectivity index (χ1) is 23.6. The number of hydrogen-bond acceptors (Lipinski definition) is 5. The van der Waals surface area contributed by atoms with Gasteiger partial charge >= 0.3 is 11.9 Å². The maximum Gasteiger partial charge on any atom is 0.306 e. The Morgan fingerprint density at radius 3 is 1.33 bits per heavy atom. The minimum atomic E-state index is -0.778. The van der Waals surface area contributed by atoms with Crippen molar-refractivity contribution < 1.29 is 24.2 Å². The van der Waals surface area contributed by atoms with E-state index in [2.05, 4.69) is 62.5 Å². The van der Waals surface area contributed by atoms with Crippen molar-refractivity contribution in [2.24, 2.45) is 0 Å². The number of esters is 2. The quantitative estimate of drug-likeness (QED) is 0.0407. The molecule has 0 aromatic carbocycles. The second-order valence-electron chi connectivity index (χ2n) is 13.4. The number of carbonyl (C=O) groups is 2. The maximum atomic E-state index is 12.2. The van der Waals surface area contributed by atoms with E-state index in [-0.39, 0.29) is 25.2 Å². The molecule has 1 unspecified atom stereocenters. The molecule has 0 aliphatic heterocycles. The highest BCUT2D eigenvalue weighted by Gasteiger charge is 2.16. The van der Waals surface area contributed by atoms with Gasteiger partial charge in [-0.15, -0.1) is 0 Å². The Labute approximate surface area is 297 Å². The fourth-order valence-corrected chi connectivity index (χ4v) is 5.48. The van der Waals surface area contributed by atoms with Crippen LogP contribution < -0.4 is 0 Å². The minimum absolute atomic E-state index is 0.0739. The average molecular weight is 673 g/mol. The molecule has 0 bridgehead atoms. The zero-order chi connectivity index (χ0) is 35.0. The zero-order valence-electron chi connectivity index (χ0n) is 31.5. The molecular weight excluding hydrogens is 596 g/mol. The average Bonchev–Trinajstić information content (AvgIpc) is 3.09. The normalized spacial score (nSPS) is 12.6. The van der Waals surface area contributed by atoms with Crippen molar-refractivity contribution in [2.75, 3.05) is 13.2 Å². The molecule has 278 valence electrons. The summed E-state index contributed by atoms with van der Waals surface area (Å²) >= 11 is 0. The SMILES string of the molecule is CCCC/C=C\CCCCCCCC(=O)OCC(CO)OC(=O)CCCCCCCCCC/C=C\C/C=C\C/C=C\CCCCCCC. The number of rotatable bonds is 36. The van der Waals surface area contributed by atoms with Gasteiger partial charge in [-0.3, -0.25) is 9.59 Å². The lowest BCUT2D eigenvalue weighted by Gasteiger charge is -2.15. The van der Waals surface area contributed by atoms with Gasteiger partial charge in [0.05, 0.1) is 6.61 Å². The third kappa shape index (κ3) is 36.7.